The first-order valence-corrected chi connectivity index (χ1v) is 6.83. The van der Waals surface area contributed by atoms with Gasteiger partial charge in [0.05, 0.1) is 12.1 Å². The molecule has 8 heteroatoms. The van der Waals surface area contributed by atoms with Gasteiger partial charge in [0.25, 0.3) is 0 Å². The Kier molecular flexibility index (Phi) is 3.73. The smallest absolute Gasteiger partial charge is 0.350 e. The quantitative estimate of drug-likeness (QED) is 0.916. The van der Waals surface area contributed by atoms with Crippen LogP contribution >= 0.6 is 0 Å². The van der Waals surface area contributed by atoms with E-state index in [1.165, 1.54) is 6.20 Å². The maximum Gasteiger partial charge on any atom is 0.458 e. The number of hydrogen-bond acceptors (Lipinski definition) is 5. The molecule has 1 aliphatic rings. The number of halogens is 3. The number of nitriles is 1. The Hall–Kier alpha value is -2.92. The third kappa shape index (κ3) is 2.81. The molecule has 1 aromatic heterocycles. The Morgan fingerprint density at radius 3 is 2.21 bits per heavy atom. The normalized spacial score (nSPS) is 20.2. The van der Waals surface area contributed by atoms with E-state index in [0.717, 1.165) is 11.1 Å². The van der Waals surface area contributed by atoms with Gasteiger partial charge in [-0.3, -0.25) is 0 Å². The van der Waals surface area contributed by atoms with Crippen molar-refractivity contribution in [2.24, 2.45) is 5.16 Å². The second-order valence-electron chi connectivity index (χ2n) is 5.21. The number of rotatable bonds is 2. The van der Waals surface area contributed by atoms with E-state index in [1.807, 2.05) is 6.07 Å². The van der Waals surface area contributed by atoms with Gasteiger partial charge in [-0.25, -0.2) is 4.98 Å². The summed E-state index contributed by atoms with van der Waals surface area (Å²) < 4.78 is 38.1. The van der Waals surface area contributed by atoms with Gasteiger partial charge >= 0.3 is 12.0 Å². The highest BCUT2D eigenvalue weighted by Gasteiger charge is 2.60. The number of nitrogens with zero attached hydrogens (tertiary/aromatic N) is 3. The van der Waals surface area contributed by atoms with Crippen LogP contribution in [0.4, 0.5) is 13.2 Å². The van der Waals surface area contributed by atoms with Crippen LogP contribution in [0.3, 0.4) is 0 Å². The second-order valence-corrected chi connectivity index (χ2v) is 5.21. The highest BCUT2D eigenvalue weighted by molar-refractivity contribution is 6.01. The summed E-state index contributed by atoms with van der Waals surface area (Å²) in [7, 11) is 0. The van der Waals surface area contributed by atoms with Crippen LogP contribution in [0.5, 0.6) is 0 Å². The van der Waals surface area contributed by atoms with Gasteiger partial charge < -0.3 is 9.94 Å². The number of alkyl halides is 3. The average Bonchev–Trinajstić information content (AvgIpc) is 2.99. The molecule has 122 valence electrons. The van der Waals surface area contributed by atoms with Crippen LogP contribution < -0.4 is 0 Å². The van der Waals surface area contributed by atoms with E-state index in [2.05, 4.69) is 15.0 Å². The molecule has 0 aliphatic carbocycles. The molecule has 3 rings (SSSR count). The molecule has 0 spiro atoms. The number of benzene rings is 1. The van der Waals surface area contributed by atoms with Crippen molar-refractivity contribution in [2.75, 3.05) is 0 Å². The molecular weight excluding hydrogens is 323 g/mol. The highest BCUT2D eigenvalue weighted by Crippen LogP contribution is 2.39. The van der Waals surface area contributed by atoms with Crippen molar-refractivity contribution in [3.63, 3.8) is 0 Å². The molecule has 2 aromatic rings. The van der Waals surface area contributed by atoms with Crippen LogP contribution in [-0.2, 0) is 4.84 Å². The van der Waals surface area contributed by atoms with E-state index in [0.29, 0.717) is 11.3 Å². The van der Waals surface area contributed by atoms with Crippen LogP contribution in [-0.4, -0.2) is 27.8 Å². The lowest BCUT2D eigenvalue weighted by Crippen LogP contribution is -2.45. The van der Waals surface area contributed by atoms with E-state index in [1.54, 1.807) is 36.4 Å². The summed E-state index contributed by atoms with van der Waals surface area (Å²) in [6, 6.07) is 11.7. The van der Waals surface area contributed by atoms with Gasteiger partial charge in [-0.15, -0.1) is 0 Å². The SMILES string of the molecule is N#Cc1ccc(-c2ccc(C3=NOC(O)(C(F)(F)F)C3)cc2)cn1. The van der Waals surface area contributed by atoms with Gasteiger partial charge in [0.1, 0.15) is 11.8 Å². The van der Waals surface area contributed by atoms with E-state index >= 15 is 0 Å². The first-order valence-electron chi connectivity index (χ1n) is 6.83. The summed E-state index contributed by atoms with van der Waals surface area (Å²) >= 11 is 0. The molecule has 1 N–H and O–H groups in total. The van der Waals surface area contributed by atoms with Crippen molar-refractivity contribution >= 4 is 5.71 Å². The lowest BCUT2D eigenvalue weighted by molar-refractivity contribution is -0.355. The van der Waals surface area contributed by atoms with Crippen LogP contribution in [0.15, 0.2) is 47.8 Å². The van der Waals surface area contributed by atoms with E-state index in [4.69, 9.17) is 5.26 Å². The molecule has 1 atom stereocenters. The summed E-state index contributed by atoms with van der Waals surface area (Å²) in [5.41, 5.74) is 2.26. The average molecular weight is 333 g/mol. The van der Waals surface area contributed by atoms with Crippen molar-refractivity contribution in [3.05, 3.63) is 53.9 Å². The minimum atomic E-state index is -4.92. The van der Waals surface area contributed by atoms with Crippen LogP contribution in [0, 0.1) is 11.3 Å². The molecule has 1 aliphatic heterocycles. The zero-order chi connectivity index (χ0) is 17.4. The molecule has 2 heterocycles. The Morgan fingerprint density at radius 1 is 1.08 bits per heavy atom. The predicted octanol–water partition coefficient (Wildman–Crippen LogP) is 3.00. The summed E-state index contributed by atoms with van der Waals surface area (Å²) in [6.45, 7) is 0. The molecule has 0 saturated carbocycles. The molecule has 0 saturated heterocycles. The van der Waals surface area contributed by atoms with E-state index in [-0.39, 0.29) is 5.71 Å². The molecule has 0 radical (unpaired) electrons. The summed E-state index contributed by atoms with van der Waals surface area (Å²) in [4.78, 5) is 8.15. The van der Waals surface area contributed by atoms with Crippen molar-refractivity contribution in [1.29, 1.82) is 5.26 Å². The largest absolute Gasteiger partial charge is 0.458 e. The monoisotopic (exact) mass is 333 g/mol. The maximum absolute atomic E-state index is 12.7. The van der Waals surface area contributed by atoms with Crippen molar-refractivity contribution < 1.29 is 23.1 Å². The standard InChI is InChI=1S/C16H10F3N3O2/c17-16(18,19)15(23)7-14(22-24-15)11-3-1-10(2-4-11)12-5-6-13(8-20)21-9-12/h1-6,9,23H,7H2. The number of oxime groups is 1. The topological polar surface area (TPSA) is 78.5 Å². The summed E-state index contributed by atoms with van der Waals surface area (Å²) in [5.74, 6) is -3.28. The van der Waals surface area contributed by atoms with Gasteiger partial charge in [-0.2, -0.15) is 18.4 Å². The third-order valence-electron chi connectivity index (χ3n) is 3.59. The lowest BCUT2D eigenvalue weighted by Gasteiger charge is -2.22. The molecule has 1 aromatic carbocycles. The maximum atomic E-state index is 12.7. The summed E-state index contributed by atoms with van der Waals surface area (Å²) in [6.07, 6.45) is -4.16. The number of aromatic nitrogens is 1. The Morgan fingerprint density at radius 2 is 1.71 bits per heavy atom. The fraction of sp³-hybridized carbons (Fsp3) is 0.188. The summed E-state index contributed by atoms with van der Waals surface area (Å²) in [5, 5.41) is 21.5. The molecular formula is C16H10F3N3O2. The predicted molar refractivity (Wildman–Crippen MR) is 77.6 cm³/mol. The minimum absolute atomic E-state index is 0.0133. The van der Waals surface area contributed by atoms with Crippen molar-refractivity contribution in [2.45, 2.75) is 18.4 Å². The van der Waals surface area contributed by atoms with Gasteiger partial charge in [0, 0.05) is 11.8 Å². The number of aliphatic hydroxyl groups is 1. The van der Waals surface area contributed by atoms with Gasteiger partial charge in [0.2, 0.25) is 0 Å². The van der Waals surface area contributed by atoms with Gasteiger partial charge in [-0.1, -0.05) is 29.4 Å². The molecule has 0 fully saturated rings. The fourth-order valence-corrected chi connectivity index (χ4v) is 2.21. The molecule has 24 heavy (non-hydrogen) atoms. The molecule has 0 bridgehead atoms. The molecule has 0 amide bonds. The number of hydrogen-bond donors (Lipinski definition) is 1. The van der Waals surface area contributed by atoms with E-state index in [9.17, 15) is 18.3 Å². The lowest BCUT2D eigenvalue weighted by atomic mass is 9.99. The highest BCUT2D eigenvalue weighted by atomic mass is 19.4. The van der Waals surface area contributed by atoms with E-state index < -0.39 is 18.4 Å². The van der Waals surface area contributed by atoms with Crippen LogP contribution in [0.2, 0.25) is 0 Å². The van der Waals surface area contributed by atoms with Gasteiger partial charge in [0.15, 0.2) is 0 Å². The molecule has 5 nitrogen and oxygen atoms in total. The zero-order valence-electron chi connectivity index (χ0n) is 12.1. The van der Waals surface area contributed by atoms with Crippen LogP contribution in [0.25, 0.3) is 11.1 Å². The first-order chi connectivity index (χ1) is 11.3. The number of pyridine rings is 1. The zero-order valence-corrected chi connectivity index (χ0v) is 12.1. The fourth-order valence-electron chi connectivity index (χ4n) is 2.21. The molecule has 1 unspecified atom stereocenters. The Labute approximate surface area is 134 Å². The second kappa shape index (κ2) is 5.62. The van der Waals surface area contributed by atoms with Crippen LogP contribution in [0.1, 0.15) is 17.7 Å². The third-order valence-corrected chi connectivity index (χ3v) is 3.59. The van der Waals surface area contributed by atoms with Crippen molar-refractivity contribution in [3.8, 4) is 17.2 Å². The Bertz CT molecular complexity index is 824. The Balaban J connectivity index is 1.79. The van der Waals surface area contributed by atoms with Crippen molar-refractivity contribution in [1.82, 2.24) is 4.98 Å². The minimum Gasteiger partial charge on any atom is -0.350 e. The van der Waals surface area contributed by atoms with Gasteiger partial charge in [-0.05, 0) is 23.3 Å². The first kappa shape index (κ1) is 16.0.